The number of nitrogens with two attached hydrogens (primary N) is 1. The van der Waals surface area contributed by atoms with Gasteiger partial charge in [-0.3, -0.25) is 0 Å². The fourth-order valence-electron chi connectivity index (χ4n) is 2.17. The second-order valence-electron chi connectivity index (χ2n) is 4.44. The van der Waals surface area contributed by atoms with Gasteiger partial charge in [0.15, 0.2) is 0 Å². The Bertz CT molecular complexity index is 266. The van der Waals surface area contributed by atoms with Crippen LogP contribution in [0.1, 0.15) is 40.0 Å². The monoisotopic (exact) mass is 250 g/mol. The maximum Gasteiger partial charge on any atom is 0.0171 e. The van der Waals surface area contributed by atoms with E-state index in [0.29, 0.717) is 12.0 Å². The number of piperidine rings is 1. The average Bonchev–Trinajstić information content (AvgIpc) is 2.43. The predicted octanol–water partition coefficient (Wildman–Crippen LogP) is 3.42. The summed E-state index contributed by atoms with van der Waals surface area (Å²) in [4.78, 5) is 0. The predicted molar refractivity (Wildman–Crippen MR) is 82.6 cm³/mol. The van der Waals surface area contributed by atoms with Gasteiger partial charge in [-0.15, -0.1) is 6.58 Å². The van der Waals surface area contributed by atoms with E-state index >= 15 is 0 Å². The van der Waals surface area contributed by atoms with E-state index in [1.165, 1.54) is 18.4 Å². The van der Waals surface area contributed by atoms with Crippen LogP contribution in [0.25, 0.3) is 0 Å². The molecule has 1 heterocycles. The van der Waals surface area contributed by atoms with E-state index in [1.807, 2.05) is 20.8 Å². The van der Waals surface area contributed by atoms with Crippen molar-refractivity contribution in [1.29, 1.82) is 0 Å². The molecule has 1 aliphatic carbocycles. The van der Waals surface area contributed by atoms with E-state index in [1.54, 1.807) is 6.08 Å². The molecule has 2 unspecified atom stereocenters. The van der Waals surface area contributed by atoms with Crippen LogP contribution in [-0.4, -0.2) is 19.1 Å². The Labute approximate surface area is 113 Å². The van der Waals surface area contributed by atoms with Crippen molar-refractivity contribution in [3.63, 3.8) is 0 Å². The summed E-state index contributed by atoms with van der Waals surface area (Å²) in [6.45, 7) is 11.3. The number of hydrogen-bond acceptors (Lipinski definition) is 2. The maximum absolute atomic E-state index is 5.92. The molecule has 0 spiro atoms. The Morgan fingerprint density at radius 2 is 2.00 bits per heavy atom. The topological polar surface area (TPSA) is 38.0 Å². The maximum atomic E-state index is 5.92. The number of rotatable bonds is 1. The summed E-state index contributed by atoms with van der Waals surface area (Å²) in [7, 11) is 0. The third-order valence-corrected chi connectivity index (χ3v) is 2.88. The fraction of sp³-hybridized carbons (Fsp3) is 0.625. The lowest BCUT2D eigenvalue weighted by atomic mass is 9.86. The van der Waals surface area contributed by atoms with E-state index in [0.717, 1.165) is 19.5 Å². The van der Waals surface area contributed by atoms with E-state index in [9.17, 15) is 0 Å². The second kappa shape index (κ2) is 11.2. The normalized spacial score (nSPS) is 25.9. The molecule has 0 bridgehead atoms. The van der Waals surface area contributed by atoms with Gasteiger partial charge in [0.1, 0.15) is 0 Å². The van der Waals surface area contributed by atoms with E-state index < -0.39 is 0 Å². The molecular weight excluding hydrogens is 220 g/mol. The van der Waals surface area contributed by atoms with Gasteiger partial charge in [0.25, 0.3) is 0 Å². The van der Waals surface area contributed by atoms with Gasteiger partial charge in [-0.25, -0.2) is 0 Å². The molecule has 0 amide bonds. The van der Waals surface area contributed by atoms with Crippen LogP contribution < -0.4 is 11.1 Å². The van der Waals surface area contributed by atoms with Gasteiger partial charge in [0.2, 0.25) is 0 Å². The van der Waals surface area contributed by atoms with Gasteiger partial charge in [-0.05, 0) is 37.7 Å². The minimum Gasteiger partial charge on any atom is -0.327 e. The summed E-state index contributed by atoms with van der Waals surface area (Å²) in [6.07, 6.45) is 12.2. The number of hydrogen-bond donors (Lipinski definition) is 2. The van der Waals surface area contributed by atoms with Crippen LogP contribution in [0.5, 0.6) is 0 Å². The summed E-state index contributed by atoms with van der Waals surface area (Å²) in [5, 5.41) is 3.38. The lowest BCUT2D eigenvalue weighted by molar-refractivity contribution is 0.381. The Morgan fingerprint density at radius 3 is 2.50 bits per heavy atom. The van der Waals surface area contributed by atoms with Crippen molar-refractivity contribution in [3.8, 4) is 0 Å². The fourth-order valence-corrected chi connectivity index (χ4v) is 2.17. The second-order valence-corrected chi connectivity index (χ2v) is 4.44. The van der Waals surface area contributed by atoms with Crippen LogP contribution in [0.15, 0.2) is 36.5 Å². The molecule has 0 aromatic rings. The number of allylic oxidation sites excluding steroid dienone is 4. The summed E-state index contributed by atoms with van der Waals surface area (Å²) in [5.74, 6) is 0.653. The van der Waals surface area contributed by atoms with Crippen molar-refractivity contribution in [2.24, 2.45) is 11.7 Å². The minimum atomic E-state index is 0.343. The number of nitrogens with one attached hydrogen (secondary N) is 1. The molecule has 18 heavy (non-hydrogen) atoms. The molecule has 2 rings (SSSR count). The summed E-state index contributed by atoms with van der Waals surface area (Å²) in [6, 6.07) is 0.343. The van der Waals surface area contributed by atoms with Crippen molar-refractivity contribution in [1.82, 2.24) is 5.32 Å². The molecular formula is C16H30N2. The molecule has 0 radical (unpaired) electrons. The molecule has 1 saturated heterocycles. The standard InChI is InChI=1S/C11H18N2.C3H6.C2H6/c12-11-6-10(7-13-8-11)9-4-2-1-3-5-9;1-3-2;1-2/h2,4-5,10-11,13H,1,3,6-8,12H2;3H,1H2,2H3;1-2H3. The Morgan fingerprint density at radius 1 is 1.33 bits per heavy atom. The van der Waals surface area contributed by atoms with Gasteiger partial charge in [0, 0.05) is 19.1 Å². The third-order valence-electron chi connectivity index (χ3n) is 2.88. The quantitative estimate of drug-likeness (QED) is 0.700. The summed E-state index contributed by atoms with van der Waals surface area (Å²) in [5.41, 5.74) is 7.41. The van der Waals surface area contributed by atoms with Gasteiger partial charge < -0.3 is 11.1 Å². The molecule has 1 fully saturated rings. The Hall–Kier alpha value is -0.860. The van der Waals surface area contributed by atoms with Crippen LogP contribution in [0, 0.1) is 5.92 Å². The van der Waals surface area contributed by atoms with Gasteiger partial charge in [-0.2, -0.15) is 0 Å². The molecule has 2 heteroatoms. The molecule has 2 atom stereocenters. The zero-order valence-corrected chi connectivity index (χ0v) is 12.3. The van der Waals surface area contributed by atoms with Gasteiger partial charge in [0.05, 0.1) is 0 Å². The first kappa shape index (κ1) is 17.1. The van der Waals surface area contributed by atoms with E-state index in [2.05, 4.69) is 30.1 Å². The Kier molecular flexibility index (Phi) is 10.7. The lowest BCUT2D eigenvalue weighted by Gasteiger charge is -2.29. The zero-order valence-electron chi connectivity index (χ0n) is 12.3. The van der Waals surface area contributed by atoms with Gasteiger partial charge in [-0.1, -0.05) is 38.2 Å². The van der Waals surface area contributed by atoms with E-state index in [4.69, 9.17) is 5.73 Å². The minimum absolute atomic E-state index is 0.343. The van der Waals surface area contributed by atoms with Crippen molar-refractivity contribution >= 4 is 0 Å². The summed E-state index contributed by atoms with van der Waals surface area (Å²) < 4.78 is 0. The highest BCUT2D eigenvalue weighted by molar-refractivity contribution is 5.25. The van der Waals surface area contributed by atoms with Crippen molar-refractivity contribution in [2.75, 3.05) is 13.1 Å². The smallest absolute Gasteiger partial charge is 0.0171 e. The van der Waals surface area contributed by atoms with Crippen LogP contribution in [0.2, 0.25) is 0 Å². The zero-order chi connectivity index (χ0) is 13.8. The first-order valence-corrected chi connectivity index (χ1v) is 7.17. The lowest BCUT2D eigenvalue weighted by Crippen LogP contribution is -2.44. The molecule has 104 valence electrons. The SMILES string of the molecule is C=CC.CC.NC1CNCC(C2=CCCC=C2)C1. The average molecular weight is 250 g/mol. The highest BCUT2D eigenvalue weighted by Gasteiger charge is 2.21. The van der Waals surface area contributed by atoms with Crippen LogP contribution in [-0.2, 0) is 0 Å². The van der Waals surface area contributed by atoms with Crippen molar-refractivity contribution in [3.05, 3.63) is 36.5 Å². The van der Waals surface area contributed by atoms with E-state index in [-0.39, 0.29) is 0 Å². The molecule has 2 aliphatic rings. The van der Waals surface area contributed by atoms with Crippen molar-refractivity contribution in [2.45, 2.75) is 46.1 Å². The molecule has 0 aromatic heterocycles. The summed E-state index contributed by atoms with van der Waals surface area (Å²) >= 11 is 0. The third kappa shape index (κ3) is 6.77. The molecule has 1 aliphatic heterocycles. The Balaban J connectivity index is 0.000000509. The largest absolute Gasteiger partial charge is 0.327 e. The first-order chi connectivity index (χ1) is 8.77. The van der Waals surface area contributed by atoms with Crippen LogP contribution >= 0.6 is 0 Å². The first-order valence-electron chi connectivity index (χ1n) is 7.17. The highest BCUT2D eigenvalue weighted by Crippen LogP contribution is 2.23. The molecule has 0 saturated carbocycles. The van der Waals surface area contributed by atoms with Crippen LogP contribution in [0.3, 0.4) is 0 Å². The van der Waals surface area contributed by atoms with Gasteiger partial charge >= 0.3 is 0 Å². The molecule has 0 aromatic carbocycles. The molecule has 3 N–H and O–H groups in total. The molecule has 2 nitrogen and oxygen atoms in total. The highest BCUT2D eigenvalue weighted by atomic mass is 14.9. The van der Waals surface area contributed by atoms with Crippen LogP contribution in [0.4, 0.5) is 0 Å². The van der Waals surface area contributed by atoms with Crippen molar-refractivity contribution < 1.29 is 0 Å².